The van der Waals surface area contributed by atoms with Gasteiger partial charge in [-0.2, -0.15) is 0 Å². The molecule has 1 N–H and O–H groups in total. The lowest BCUT2D eigenvalue weighted by Crippen LogP contribution is -2.40. The predicted octanol–water partition coefficient (Wildman–Crippen LogP) is 2.20. The molecule has 0 bridgehead atoms. The fourth-order valence-electron chi connectivity index (χ4n) is 3.34. The third-order valence-electron chi connectivity index (χ3n) is 4.61. The summed E-state index contributed by atoms with van der Waals surface area (Å²) in [5.74, 6) is 2.65. The van der Waals surface area contributed by atoms with Crippen LogP contribution in [0.5, 0.6) is 11.5 Å². The summed E-state index contributed by atoms with van der Waals surface area (Å²) in [6, 6.07) is 6.38. The Labute approximate surface area is 141 Å². The van der Waals surface area contributed by atoms with Crippen LogP contribution in [0.25, 0.3) is 0 Å². The molecule has 6 nitrogen and oxygen atoms in total. The summed E-state index contributed by atoms with van der Waals surface area (Å²) in [5.41, 5.74) is 1.18. The van der Waals surface area contributed by atoms with E-state index in [1.54, 1.807) is 0 Å². The first-order chi connectivity index (χ1) is 11.8. The van der Waals surface area contributed by atoms with Crippen LogP contribution in [0.4, 0.5) is 0 Å². The van der Waals surface area contributed by atoms with E-state index in [2.05, 4.69) is 22.4 Å². The molecule has 6 heteroatoms. The normalized spacial score (nSPS) is 23.2. The molecule has 2 aliphatic rings. The summed E-state index contributed by atoms with van der Waals surface area (Å²) in [6.45, 7) is 2.79. The largest absolute Gasteiger partial charge is 0.486 e. The second kappa shape index (κ2) is 6.83. The topological polar surface area (TPSA) is 57.5 Å². The van der Waals surface area contributed by atoms with Gasteiger partial charge < -0.3 is 24.1 Å². The standard InChI is InChI=1S/C18H23N3O3/c1-21-7-6-19-18(21)17-14(3-2-8-24-17)20-12-13-4-5-15-16(11-13)23-10-9-22-15/h4-7,11,14,17,20H,2-3,8-10,12H2,1H3/t14-,17-/m0/s1. The van der Waals surface area contributed by atoms with Crippen LogP contribution < -0.4 is 14.8 Å². The smallest absolute Gasteiger partial charge is 0.161 e. The van der Waals surface area contributed by atoms with E-state index in [9.17, 15) is 0 Å². The first-order valence-corrected chi connectivity index (χ1v) is 8.52. The fraction of sp³-hybridized carbons (Fsp3) is 0.500. The Morgan fingerprint density at radius 1 is 1.21 bits per heavy atom. The van der Waals surface area contributed by atoms with Crippen LogP contribution in [-0.4, -0.2) is 35.4 Å². The van der Waals surface area contributed by atoms with Crippen molar-refractivity contribution >= 4 is 0 Å². The summed E-state index contributed by atoms with van der Waals surface area (Å²) in [6.07, 6.45) is 5.94. The quantitative estimate of drug-likeness (QED) is 0.932. The van der Waals surface area contributed by atoms with Crippen LogP contribution in [-0.2, 0) is 18.3 Å². The highest BCUT2D eigenvalue weighted by Gasteiger charge is 2.29. The fourth-order valence-corrected chi connectivity index (χ4v) is 3.34. The maximum atomic E-state index is 6.00. The van der Waals surface area contributed by atoms with Crippen LogP contribution >= 0.6 is 0 Å². The number of rotatable bonds is 4. The van der Waals surface area contributed by atoms with Crippen molar-refractivity contribution in [2.45, 2.75) is 31.5 Å². The Bertz CT molecular complexity index is 701. The van der Waals surface area contributed by atoms with Crippen molar-refractivity contribution < 1.29 is 14.2 Å². The van der Waals surface area contributed by atoms with E-state index in [-0.39, 0.29) is 12.1 Å². The van der Waals surface area contributed by atoms with Crippen molar-refractivity contribution in [3.05, 3.63) is 42.0 Å². The van der Waals surface area contributed by atoms with Gasteiger partial charge in [0.05, 0.1) is 0 Å². The molecule has 0 spiro atoms. The van der Waals surface area contributed by atoms with Gasteiger partial charge in [-0.1, -0.05) is 6.07 Å². The van der Waals surface area contributed by atoms with Crippen LogP contribution in [0.1, 0.15) is 30.3 Å². The average molecular weight is 329 g/mol. The van der Waals surface area contributed by atoms with Gasteiger partial charge >= 0.3 is 0 Å². The number of nitrogens with zero attached hydrogens (tertiary/aromatic N) is 2. The lowest BCUT2D eigenvalue weighted by molar-refractivity contribution is -0.0178. The number of imidazole rings is 1. The van der Waals surface area contributed by atoms with Crippen LogP contribution in [0.2, 0.25) is 0 Å². The molecule has 1 fully saturated rings. The minimum absolute atomic E-state index is 0.00374. The van der Waals surface area contributed by atoms with Gasteiger partial charge in [-0.3, -0.25) is 0 Å². The van der Waals surface area contributed by atoms with Gasteiger partial charge in [-0.25, -0.2) is 4.98 Å². The molecule has 1 aromatic heterocycles. The molecule has 1 saturated heterocycles. The summed E-state index contributed by atoms with van der Waals surface area (Å²) in [7, 11) is 2.01. The molecular weight excluding hydrogens is 306 g/mol. The van der Waals surface area contributed by atoms with Gasteiger partial charge in [0, 0.05) is 38.6 Å². The molecule has 2 atom stereocenters. The second-order valence-corrected chi connectivity index (χ2v) is 6.30. The van der Waals surface area contributed by atoms with E-state index < -0.39 is 0 Å². The van der Waals surface area contributed by atoms with Crippen LogP contribution in [0.3, 0.4) is 0 Å². The average Bonchev–Trinajstić information content (AvgIpc) is 3.06. The highest BCUT2D eigenvalue weighted by molar-refractivity contribution is 5.43. The monoisotopic (exact) mass is 329 g/mol. The SMILES string of the molecule is Cn1ccnc1[C@H]1OCCC[C@@H]1NCc1ccc2c(c1)OCCO2. The van der Waals surface area contributed by atoms with Crippen molar-refractivity contribution in [1.29, 1.82) is 0 Å². The number of ether oxygens (including phenoxy) is 3. The molecule has 0 unspecified atom stereocenters. The van der Waals surface area contributed by atoms with E-state index in [0.29, 0.717) is 13.2 Å². The molecule has 128 valence electrons. The first-order valence-electron chi connectivity index (χ1n) is 8.52. The molecule has 2 aromatic rings. The van der Waals surface area contributed by atoms with E-state index in [1.807, 2.05) is 30.1 Å². The van der Waals surface area contributed by atoms with Crippen molar-refractivity contribution in [1.82, 2.24) is 14.9 Å². The lowest BCUT2D eigenvalue weighted by atomic mass is 10.0. The molecule has 3 heterocycles. The van der Waals surface area contributed by atoms with Crippen molar-refractivity contribution in [2.75, 3.05) is 19.8 Å². The number of hydrogen-bond donors (Lipinski definition) is 1. The molecule has 4 rings (SSSR count). The number of fused-ring (bicyclic) bond motifs is 1. The summed E-state index contributed by atoms with van der Waals surface area (Å²) < 4.78 is 19.3. The molecule has 0 saturated carbocycles. The van der Waals surface area contributed by atoms with Crippen molar-refractivity contribution in [3.63, 3.8) is 0 Å². The summed E-state index contributed by atoms with van der Waals surface area (Å²) >= 11 is 0. The number of hydrogen-bond acceptors (Lipinski definition) is 5. The highest BCUT2D eigenvalue weighted by atomic mass is 16.6. The Morgan fingerprint density at radius 2 is 2.08 bits per heavy atom. The highest BCUT2D eigenvalue weighted by Crippen LogP contribution is 2.31. The van der Waals surface area contributed by atoms with Gasteiger partial charge in [-0.05, 0) is 30.5 Å². The molecule has 0 amide bonds. The van der Waals surface area contributed by atoms with E-state index >= 15 is 0 Å². The Kier molecular flexibility index (Phi) is 4.40. The summed E-state index contributed by atoms with van der Waals surface area (Å²) in [5, 5.41) is 3.64. The summed E-state index contributed by atoms with van der Waals surface area (Å²) in [4.78, 5) is 4.46. The molecule has 1 aromatic carbocycles. The van der Waals surface area contributed by atoms with Gasteiger partial charge in [0.25, 0.3) is 0 Å². The van der Waals surface area contributed by atoms with Gasteiger partial charge in [0.2, 0.25) is 0 Å². The maximum Gasteiger partial charge on any atom is 0.161 e. The van der Waals surface area contributed by atoms with Gasteiger partial charge in [-0.15, -0.1) is 0 Å². The van der Waals surface area contributed by atoms with Gasteiger partial charge in [0.1, 0.15) is 25.1 Å². The third kappa shape index (κ3) is 3.12. The minimum atomic E-state index is -0.00374. The van der Waals surface area contributed by atoms with Crippen molar-refractivity contribution in [3.8, 4) is 11.5 Å². The molecule has 0 aliphatic carbocycles. The minimum Gasteiger partial charge on any atom is -0.486 e. The molecule has 24 heavy (non-hydrogen) atoms. The molecular formula is C18H23N3O3. The Morgan fingerprint density at radius 3 is 2.92 bits per heavy atom. The second-order valence-electron chi connectivity index (χ2n) is 6.30. The first kappa shape index (κ1) is 15.5. The number of benzene rings is 1. The van der Waals surface area contributed by atoms with Crippen LogP contribution in [0.15, 0.2) is 30.6 Å². The Hall–Kier alpha value is -2.05. The predicted molar refractivity (Wildman–Crippen MR) is 89.2 cm³/mol. The number of aromatic nitrogens is 2. The third-order valence-corrected chi connectivity index (χ3v) is 4.61. The maximum absolute atomic E-state index is 6.00. The van der Waals surface area contributed by atoms with E-state index in [0.717, 1.165) is 43.3 Å². The van der Waals surface area contributed by atoms with E-state index in [4.69, 9.17) is 14.2 Å². The molecule has 0 radical (unpaired) electrons. The number of nitrogens with one attached hydrogen (secondary N) is 1. The lowest BCUT2D eigenvalue weighted by Gasteiger charge is -2.32. The van der Waals surface area contributed by atoms with Gasteiger partial charge in [0.15, 0.2) is 11.5 Å². The molecule has 2 aliphatic heterocycles. The van der Waals surface area contributed by atoms with Crippen LogP contribution in [0, 0.1) is 0 Å². The zero-order chi connectivity index (χ0) is 16.4. The zero-order valence-electron chi connectivity index (χ0n) is 13.9. The van der Waals surface area contributed by atoms with E-state index in [1.165, 1.54) is 5.56 Å². The zero-order valence-corrected chi connectivity index (χ0v) is 13.9. The number of aryl methyl sites for hydroxylation is 1. The van der Waals surface area contributed by atoms with Crippen molar-refractivity contribution in [2.24, 2.45) is 7.05 Å². The Balaban J connectivity index is 1.45.